The van der Waals surface area contributed by atoms with Gasteiger partial charge in [0.1, 0.15) is 0 Å². The molecule has 0 aliphatic heterocycles. The van der Waals surface area contributed by atoms with E-state index in [0.717, 1.165) is 30.3 Å². The van der Waals surface area contributed by atoms with E-state index in [4.69, 9.17) is 0 Å². The molecule has 1 heterocycles. The molecule has 3 unspecified atom stereocenters. The Morgan fingerprint density at radius 2 is 2.05 bits per heavy atom. The van der Waals surface area contributed by atoms with E-state index < -0.39 is 0 Å². The Morgan fingerprint density at radius 3 is 2.81 bits per heavy atom. The Balaban J connectivity index is 1.92. The zero-order valence-electron chi connectivity index (χ0n) is 13.3. The van der Waals surface area contributed by atoms with Crippen molar-refractivity contribution in [3.8, 4) is 0 Å². The monoisotopic (exact) mass is 286 g/mol. The molecule has 0 spiro atoms. The Labute approximate surface area is 127 Å². The second-order valence-corrected chi connectivity index (χ2v) is 7.13. The summed E-state index contributed by atoms with van der Waals surface area (Å²) in [4.78, 5) is 4.49. The van der Waals surface area contributed by atoms with Crippen LogP contribution in [0.5, 0.6) is 0 Å². The maximum atomic E-state index is 10.5. The number of aromatic nitrogens is 2. The van der Waals surface area contributed by atoms with Crippen molar-refractivity contribution in [2.75, 3.05) is 0 Å². The number of rotatable bonds is 3. The molecule has 1 fully saturated rings. The van der Waals surface area contributed by atoms with Crippen LogP contribution >= 0.6 is 0 Å². The van der Waals surface area contributed by atoms with Crippen LogP contribution in [0.4, 0.5) is 0 Å². The van der Waals surface area contributed by atoms with Gasteiger partial charge in [0, 0.05) is 0 Å². The van der Waals surface area contributed by atoms with Gasteiger partial charge >= 0.3 is 0 Å². The summed E-state index contributed by atoms with van der Waals surface area (Å²) in [5.41, 5.74) is 2.49. The number of para-hydroxylation sites is 2. The fourth-order valence-corrected chi connectivity index (χ4v) is 3.67. The van der Waals surface area contributed by atoms with E-state index in [-0.39, 0.29) is 12.1 Å². The number of hydrogen-bond donors (Lipinski definition) is 1. The van der Waals surface area contributed by atoms with Crippen molar-refractivity contribution in [3.63, 3.8) is 0 Å². The van der Waals surface area contributed by atoms with Crippen molar-refractivity contribution in [3.05, 3.63) is 30.6 Å². The SMILES string of the molecule is CCC(C)(C)C1CCC(O)C(n2cnc3ccccc32)C1. The highest BCUT2D eigenvalue weighted by Crippen LogP contribution is 2.44. The summed E-state index contributed by atoms with van der Waals surface area (Å²) in [7, 11) is 0. The van der Waals surface area contributed by atoms with E-state index in [1.54, 1.807) is 0 Å². The smallest absolute Gasteiger partial charge is 0.0961 e. The number of hydrogen-bond acceptors (Lipinski definition) is 2. The number of nitrogens with zero attached hydrogens (tertiary/aromatic N) is 2. The van der Waals surface area contributed by atoms with Gasteiger partial charge in [-0.1, -0.05) is 39.3 Å². The molecular formula is C18H26N2O. The summed E-state index contributed by atoms with van der Waals surface area (Å²) in [5, 5.41) is 10.5. The lowest BCUT2D eigenvalue weighted by atomic mass is 9.68. The molecule has 1 N–H and O–H groups in total. The van der Waals surface area contributed by atoms with Gasteiger partial charge in [0.15, 0.2) is 0 Å². The average molecular weight is 286 g/mol. The molecule has 3 rings (SSSR count). The third-order valence-corrected chi connectivity index (χ3v) is 5.64. The molecule has 0 saturated heterocycles. The highest BCUT2D eigenvalue weighted by atomic mass is 16.3. The Kier molecular flexibility index (Phi) is 3.78. The van der Waals surface area contributed by atoms with Crippen molar-refractivity contribution in [1.82, 2.24) is 9.55 Å². The van der Waals surface area contributed by atoms with Crippen molar-refractivity contribution >= 4 is 11.0 Å². The largest absolute Gasteiger partial charge is 0.391 e. The number of fused-ring (bicyclic) bond motifs is 1. The van der Waals surface area contributed by atoms with Gasteiger partial charge in [0.25, 0.3) is 0 Å². The lowest BCUT2D eigenvalue weighted by Crippen LogP contribution is -2.36. The van der Waals surface area contributed by atoms with Crippen LogP contribution in [-0.4, -0.2) is 20.8 Å². The Morgan fingerprint density at radius 1 is 1.29 bits per heavy atom. The van der Waals surface area contributed by atoms with Gasteiger partial charge < -0.3 is 9.67 Å². The number of benzene rings is 1. The van der Waals surface area contributed by atoms with E-state index in [1.165, 1.54) is 6.42 Å². The van der Waals surface area contributed by atoms with Gasteiger partial charge in [0.2, 0.25) is 0 Å². The predicted octanol–water partition coefficient (Wildman–Crippen LogP) is 4.17. The molecule has 0 radical (unpaired) electrons. The molecule has 114 valence electrons. The first-order valence-corrected chi connectivity index (χ1v) is 8.12. The molecular weight excluding hydrogens is 260 g/mol. The third-order valence-electron chi connectivity index (χ3n) is 5.64. The van der Waals surface area contributed by atoms with Gasteiger partial charge in [-0.15, -0.1) is 0 Å². The topological polar surface area (TPSA) is 38.0 Å². The van der Waals surface area contributed by atoms with Crippen LogP contribution in [0, 0.1) is 11.3 Å². The van der Waals surface area contributed by atoms with Crippen molar-refractivity contribution in [1.29, 1.82) is 0 Å². The van der Waals surface area contributed by atoms with Crippen LogP contribution < -0.4 is 0 Å². The highest BCUT2D eigenvalue weighted by Gasteiger charge is 2.37. The highest BCUT2D eigenvalue weighted by molar-refractivity contribution is 5.75. The third kappa shape index (κ3) is 2.59. The minimum Gasteiger partial charge on any atom is -0.391 e. The molecule has 0 bridgehead atoms. The maximum Gasteiger partial charge on any atom is 0.0961 e. The maximum absolute atomic E-state index is 10.5. The van der Waals surface area contributed by atoms with E-state index in [9.17, 15) is 5.11 Å². The molecule has 1 aliphatic rings. The second-order valence-electron chi connectivity index (χ2n) is 7.13. The molecule has 1 saturated carbocycles. The van der Waals surface area contributed by atoms with E-state index in [1.807, 2.05) is 24.5 Å². The molecule has 3 nitrogen and oxygen atoms in total. The average Bonchev–Trinajstić information content (AvgIpc) is 2.91. The quantitative estimate of drug-likeness (QED) is 0.919. The molecule has 1 aromatic heterocycles. The lowest BCUT2D eigenvalue weighted by Gasteiger charge is -2.42. The van der Waals surface area contributed by atoms with Gasteiger partial charge in [0.05, 0.1) is 29.5 Å². The predicted molar refractivity (Wildman–Crippen MR) is 86.2 cm³/mol. The van der Waals surface area contributed by atoms with Crippen molar-refractivity contribution in [2.24, 2.45) is 11.3 Å². The first-order valence-electron chi connectivity index (χ1n) is 8.12. The van der Waals surface area contributed by atoms with Crippen LogP contribution in [0.1, 0.15) is 52.5 Å². The van der Waals surface area contributed by atoms with E-state index in [0.29, 0.717) is 11.3 Å². The van der Waals surface area contributed by atoms with Crippen LogP contribution in [0.3, 0.4) is 0 Å². The zero-order valence-corrected chi connectivity index (χ0v) is 13.3. The number of imidazole rings is 1. The molecule has 1 aliphatic carbocycles. The summed E-state index contributed by atoms with van der Waals surface area (Å²) in [6.45, 7) is 6.99. The lowest BCUT2D eigenvalue weighted by molar-refractivity contribution is 0.0207. The first-order chi connectivity index (χ1) is 10.0. The summed E-state index contributed by atoms with van der Waals surface area (Å²) >= 11 is 0. The van der Waals surface area contributed by atoms with Crippen LogP contribution in [-0.2, 0) is 0 Å². The zero-order chi connectivity index (χ0) is 15.0. The minimum absolute atomic E-state index is 0.155. The van der Waals surface area contributed by atoms with Gasteiger partial charge in [-0.25, -0.2) is 4.98 Å². The molecule has 1 aromatic carbocycles. The van der Waals surface area contributed by atoms with E-state index >= 15 is 0 Å². The first kappa shape index (κ1) is 14.6. The second kappa shape index (κ2) is 5.45. The Hall–Kier alpha value is -1.35. The molecule has 3 heteroatoms. The van der Waals surface area contributed by atoms with Gasteiger partial charge in [-0.2, -0.15) is 0 Å². The molecule has 2 aromatic rings. The number of aliphatic hydroxyl groups is 1. The number of aliphatic hydroxyl groups excluding tert-OH is 1. The van der Waals surface area contributed by atoms with Crippen LogP contribution in [0.15, 0.2) is 30.6 Å². The molecule has 21 heavy (non-hydrogen) atoms. The fourth-order valence-electron chi connectivity index (χ4n) is 3.67. The summed E-state index contributed by atoms with van der Waals surface area (Å²) in [6.07, 6.45) is 5.90. The van der Waals surface area contributed by atoms with Gasteiger partial charge in [-0.3, -0.25) is 0 Å². The Bertz CT molecular complexity index is 616. The van der Waals surface area contributed by atoms with Gasteiger partial charge in [-0.05, 0) is 42.7 Å². The summed E-state index contributed by atoms with van der Waals surface area (Å²) in [6, 6.07) is 8.35. The normalized spacial score (nSPS) is 27.1. The van der Waals surface area contributed by atoms with Crippen LogP contribution in [0.25, 0.3) is 11.0 Å². The molecule has 3 atom stereocenters. The summed E-state index contributed by atoms with van der Waals surface area (Å²) < 4.78 is 2.19. The van der Waals surface area contributed by atoms with Crippen LogP contribution in [0.2, 0.25) is 0 Å². The van der Waals surface area contributed by atoms with Crippen molar-refractivity contribution in [2.45, 2.75) is 58.6 Å². The standard InChI is InChI=1S/C18H26N2O/c1-4-18(2,3)13-9-10-17(21)16(11-13)20-12-19-14-7-5-6-8-15(14)20/h5-8,12-13,16-17,21H,4,9-11H2,1-3H3. The van der Waals surface area contributed by atoms with Crippen molar-refractivity contribution < 1.29 is 5.11 Å². The summed E-state index contributed by atoms with van der Waals surface area (Å²) in [5.74, 6) is 0.664. The van der Waals surface area contributed by atoms with E-state index in [2.05, 4.69) is 36.4 Å². The molecule has 0 amide bonds. The fraction of sp³-hybridized carbons (Fsp3) is 0.611. The minimum atomic E-state index is -0.258.